The first-order chi connectivity index (χ1) is 8.77. The summed E-state index contributed by atoms with van der Waals surface area (Å²) in [6.07, 6.45) is 1.45. The molecule has 0 saturated heterocycles. The van der Waals surface area contributed by atoms with Gasteiger partial charge >= 0.3 is 0 Å². The zero-order valence-electron chi connectivity index (χ0n) is 9.68. The van der Waals surface area contributed by atoms with Crippen LogP contribution in [0.1, 0.15) is 11.1 Å². The van der Waals surface area contributed by atoms with Gasteiger partial charge in [0.25, 0.3) is 6.08 Å². The Hall–Kier alpha value is -2.22. The second-order valence-corrected chi connectivity index (χ2v) is 3.78. The van der Waals surface area contributed by atoms with Gasteiger partial charge in [0.1, 0.15) is 0 Å². The number of rotatable bonds is 3. The van der Waals surface area contributed by atoms with Crippen LogP contribution >= 0.6 is 0 Å². The highest BCUT2D eigenvalue weighted by Gasteiger charge is 2.04. The fourth-order valence-electron chi connectivity index (χ4n) is 1.63. The van der Waals surface area contributed by atoms with Gasteiger partial charge in [-0.1, -0.05) is 66.7 Å². The highest BCUT2D eigenvalue weighted by molar-refractivity contribution is 5.79. The number of allylic oxidation sites excluding steroid dienone is 2. The standard InChI is InChI=1S/C16H12F2/c17-16(18)15(14-9-5-2-6-10-14)12-11-13-7-3-1-4-8-13/h1-12H/b12-11+. The van der Waals surface area contributed by atoms with Crippen molar-refractivity contribution in [3.05, 3.63) is 83.9 Å². The highest BCUT2D eigenvalue weighted by atomic mass is 19.3. The lowest BCUT2D eigenvalue weighted by Crippen LogP contribution is -1.82. The fraction of sp³-hybridized carbons (Fsp3) is 0. The normalized spacial score (nSPS) is 10.6. The van der Waals surface area contributed by atoms with Gasteiger partial charge in [-0.05, 0) is 17.2 Å². The van der Waals surface area contributed by atoms with Crippen LogP contribution in [0.2, 0.25) is 0 Å². The second-order valence-electron chi connectivity index (χ2n) is 3.78. The van der Waals surface area contributed by atoms with E-state index in [2.05, 4.69) is 0 Å². The van der Waals surface area contributed by atoms with E-state index in [-0.39, 0.29) is 5.57 Å². The van der Waals surface area contributed by atoms with E-state index in [4.69, 9.17) is 0 Å². The van der Waals surface area contributed by atoms with Crippen LogP contribution in [-0.2, 0) is 0 Å². The van der Waals surface area contributed by atoms with Crippen LogP contribution in [0.3, 0.4) is 0 Å². The van der Waals surface area contributed by atoms with Crippen LogP contribution < -0.4 is 0 Å². The first kappa shape index (κ1) is 12.2. The van der Waals surface area contributed by atoms with Gasteiger partial charge in [0, 0.05) is 5.57 Å². The van der Waals surface area contributed by atoms with Gasteiger partial charge in [-0.15, -0.1) is 0 Å². The molecular weight excluding hydrogens is 230 g/mol. The summed E-state index contributed by atoms with van der Waals surface area (Å²) >= 11 is 0. The Morgan fingerprint density at radius 3 is 1.89 bits per heavy atom. The fourth-order valence-corrected chi connectivity index (χ4v) is 1.63. The third-order valence-corrected chi connectivity index (χ3v) is 2.53. The van der Waals surface area contributed by atoms with Gasteiger partial charge in [-0.3, -0.25) is 0 Å². The SMILES string of the molecule is FC(F)=C(/C=C/c1ccccc1)c1ccccc1. The Kier molecular flexibility index (Phi) is 4.02. The summed E-state index contributed by atoms with van der Waals surface area (Å²) in [4.78, 5) is 0. The molecule has 0 nitrogen and oxygen atoms in total. The van der Waals surface area contributed by atoms with Crippen molar-refractivity contribution < 1.29 is 8.78 Å². The molecule has 0 N–H and O–H groups in total. The summed E-state index contributed by atoms with van der Waals surface area (Å²) in [6.45, 7) is 0. The van der Waals surface area contributed by atoms with Crippen molar-refractivity contribution in [1.82, 2.24) is 0 Å². The van der Waals surface area contributed by atoms with Crippen LogP contribution in [-0.4, -0.2) is 0 Å². The number of hydrogen-bond acceptors (Lipinski definition) is 0. The summed E-state index contributed by atoms with van der Waals surface area (Å²) in [5.74, 6) is 0. The van der Waals surface area contributed by atoms with E-state index in [1.165, 1.54) is 6.08 Å². The Morgan fingerprint density at radius 2 is 1.33 bits per heavy atom. The first-order valence-corrected chi connectivity index (χ1v) is 5.61. The molecule has 2 aromatic carbocycles. The molecular formula is C16H12F2. The van der Waals surface area contributed by atoms with Crippen LogP contribution in [0.5, 0.6) is 0 Å². The molecule has 0 fully saturated rings. The van der Waals surface area contributed by atoms with E-state index in [1.807, 2.05) is 30.3 Å². The monoisotopic (exact) mass is 242 g/mol. The van der Waals surface area contributed by atoms with Gasteiger partial charge in [-0.2, -0.15) is 8.78 Å². The second kappa shape index (κ2) is 5.92. The van der Waals surface area contributed by atoms with E-state index >= 15 is 0 Å². The molecule has 0 radical (unpaired) electrons. The van der Waals surface area contributed by atoms with E-state index in [0.29, 0.717) is 5.56 Å². The summed E-state index contributed by atoms with van der Waals surface area (Å²) < 4.78 is 25.8. The summed E-state index contributed by atoms with van der Waals surface area (Å²) in [5.41, 5.74) is 1.37. The molecule has 18 heavy (non-hydrogen) atoms. The minimum Gasteiger partial charge on any atom is -0.173 e. The van der Waals surface area contributed by atoms with Crippen molar-refractivity contribution in [2.75, 3.05) is 0 Å². The maximum atomic E-state index is 12.9. The van der Waals surface area contributed by atoms with Crippen LogP contribution in [0, 0.1) is 0 Å². The first-order valence-electron chi connectivity index (χ1n) is 5.61. The molecule has 0 spiro atoms. The van der Waals surface area contributed by atoms with Gasteiger partial charge in [0.15, 0.2) is 0 Å². The number of halogens is 2. The van der Waals surface area contributed by atoms with Crippen LogP contribution in [0.25, 0.3) is 11.6 Å². The van der Waals surface area contributed by atoms with Crippen molar-refractivity contribution in [3.8, 4) is 0 Å². The van der Waals surface area contributed by atoms with Crippen molar-refractivity contribution in [2.45, 2.75) is 0 Å². The zero-order chi connectivity index (χ0) is 12.8. The predicted molar refractivity (Wildman–Crippen MR) is 71.1 cm³/mol. The van der Waals surface area contributed by atoms with E-state index in [1.54, 1.807) is 36.4 Å². The topological polar surface area (TPSA) is 0 Å². The molecule has 0 atom stereocenters. The number of hydrogen-bond donors (Lipinski definition) is 0. The lowest BCUT2D eigenvalue weighted by Gasteiger charge is -2.01. The van der Waals surface area contributed by atoms with Gasteiger partial charge in [-0.25, -0.2) is 0 Å². The Labute approximate surface area is 105 Å². The molecule has 90 valence electrons. The molecule has 2 heteroatoms. The molecule has 0 aliphatic heterocycles. The molecule has 0 aliphatic carbocycles. The molecule has 0 aliphatic rings. The van der Waals surface area contributed by atoms with Gasteiger partial charge in [0.2, 0.25) is 0 Å². The molecule has 0 aromatic heterocycles. The minimum atomic E-state index is -1.67. The van der Waals surface area contributed by atoms with E-state index < -0.39 is 6.08 Å². The summed E-state index contributed by atoms with van der Waals surface area (Å²) in [7, 11) is 0. The maximum Gasteiger partial charge on any atom is 0.278 e. The summed E-state index contributed by atoms with van der Waals surface area (Å²) in [6, 6.07) is 18.0. The van der Waals surface area contributed by atoms with E-state index in [9.17, 15) is 8.78 Å². The largest absolute Gasteiger partial charge is 0.278 e. The highest BCUT2D eigenvalue weighted by Crippen LogP contribution is 2.22. The average Bonchev–Trinajstić information content (AvgIpc) is 2.41. The minimum absolute atomic E-state index is 0.0422. The molecule has 2 rings (SSSR count). The molecule has 2 aromatic rings. The lowest BCUT2D eigenvalue weighted by atomic mass is 10.1. The third-order valence-electron chi connectivity index (χ3n) is 2.53. The third kappa shape index (κ3) is 3.14. The van der Waals surface area contributed by atoms with Crippen molar-refractivity contribution in [2.24, 2.45) is 0 Å². The zero-order valence-corrected chi connectivity index (χ0v) is 9.68. The predicted octanol–water partition coefficient (Wildman–Crippen LogP) is 5.01. The Morgan fingerprint density at radius 1 is 0.778 bits per heavy atom. The van der Waals surface area contributed by atoms with Crippen molar-refractivity contribution in [3.63, 3.8) is 0 Å². The Balaban J connectivity index is 2.30. The van der Waals surface area contributed by atoms with Crippen molar-refractivity contribution in [1.29, 1.82) is 0 Å². The van der Waals surface area contributed by atoms with Crippen LogP contribution in [0.4, 0.5) is 8.78 Å². The van der Waals surface area contributed by atoms with Gasteiger partial charge < -0.3 is 0 Å². The average molecular weight is 242 g/mol. The number of benzene rings is 2. The summed E-state index contributed by atoms with van der Waals surface area (Å²) in [5, 5.41) is 0. The lowest BCUT2D eigenvalue weighted by molar-refractivity contribution is 0.426. The molecule has 0 unspecified atom stereocenters. The maximum absolute atomic E-state index is 12.9. The molecule has 0 bridgehead atoms. The molecule has 0 amide bonds. The van der Waals surface area contributed by atoms with Crippen molar-refractivity contribution >= 4 is 11.6 Å². The van der Waals surface area contributed by atoms with Gasteiger partial charge in [0.05, 0.1) is 0 Å². The quantitative estimate of drug-likeness (QED) is 0.664. The van der Waals surface area contributed by atoms with E-state index in [0.717, 1.165) is 5.56 Å². The Bertz CT molecular complexity index is 550. The smallest absolute Gasteiger partial charge is 0.173 e. The molecule has 0 saturated carbocycles. The van der Waals surface area contributed by atoms with Crippen LogP contribution in [0.15, 0.2) is 72.8 Å². The molecule has 0 heterocycles.